The summed E-state index contributed by atoms with van der Waals surface area (Å²) in [4.78, 5) is 12.4. The number of aromatic hydroxyl groups is 1. The van der Waals surface area contributed by atoms with Gasteiger partial charge in [0.05, 0.1) is 23.4 Å². The number of hydrogen-bond donors (Lipinski definition) is 4. The number of hydrogen-bond acceptors (Lipinski definition) is 6. The maximum absolute atomic E-state index is 12.4. The molecule has 0 aromatic carbocycles. The summed E-state index contributed by atoms with van der Waals surface area (Å²) in [5.41, 5.74) is -0.542. The fraction of sp³-hybridized carbons (Fsp3) is 0.769. The topological polar surface area (TPSA) is 97.5 Å². The molecular weight excluding hydrogens is 496 g/mol. The highest BCUT2D eigenvalue weighted by atomic mass is 32.1. The van der Waals surface area contributed by atoms with E-state index in [4.69, 9.17) is 12.2 Å². The average Bonchev–Trinajstić information content (AvgIpc) is 3.23. The van der Waals surface area contributed by atoms with Crippen LogP contribution in [0.15, 0.2) is 22.2 Å². The molecule has 2 rings (SSSR count). The number of imidazole rings is 2. The average molecular weight is 543 g/mol. The second-order valence-electron chi connectivity index (χ2n) is 11.6. The number of aliphatic hydroxyl groups excluding tert-OH is 2. The van der Waals surface area contributed by atoms with Crippen molar-refractivity contribution < 1.29 is 15.3 Å². The Morgan fingerprint density at radius 2 is 1.33 bits per heavy atom. The van der Waals surface area contributed by atoms with Gasteiger partial charge in [-0.2, -0.15) is 0 Å². The van der Waals surface area contributed by atoms with Crippen LogP contribution in [-0.4, -0.2) is 45.8 Å². The molecule has 0 aliphatic rings. The maximum Gasteiger partial charge on any atom is 0.331 e. The number of aliphatic hydroxyl groups is 2. The van der Waals surface area contributed by atoms with E-state index in [1.165, 1.54) is 15.3 Å². The minimum atomic E-state index is -0.517. The van der Waals surface area contributed by atoms with Gasteiger partial charge in [0.25, 0.3) is 0 Å². The highest BCUT2D eigenvalue weighted by Crippen LogP contribution is 2.30. The molecule has 2 atom stereocenters. The standard InChI is InChI=1S/C26H46N4O4S2/c1-7-27-15-21(33)29(23(27)34)17-25(3,4)13-11-19(31)9-10-20(32)12-14-26(5,6)18-30-22(35)16-28(8-2)24(30)36/h15-16,19-20,31-33,35H,7-14,17-18H2,1-6H3. The summed E-state index contributed by atoms with van der Waals surface area (Å²) in [6.07, 6.45) is 6.27. The number of rotatable bonds is 15. The fourth-order valence-electron chi connectivity index (χ4n) is 4.59. The van der Waals surface area contributed by atoms with Gasteiger partial charge in [0, 0.05) is 32.4 Å². The Bertz CT molecular complexity index is 1010. The summed E-state index contributed by atoms with van der Waals surface area (Å²) in [7, 11) is 0. The predicted octanol–water partition coefficient (Wildman–Crippen LogP) is 4.83. The molecule has 0 aliphatic carbocycles. The quantitative estimate of drug-likeness (QED) is 0.191. The normalized spacial score (nSPS) is 14.4. The van der Waals surface area contributed by atoms with Gasteiger partial charge in [-0.25, -0.2) is 4.79 Å². The lowest BCUT2D eigenvalue weighted by Gasteiger charge is -2.28. The highest BCUT2D eigenvalue weighted by molar-refractivity contribution is 7.80. The maximum atomic E-state index is 12.4. The molecule has 0 saturated carbocycles. The van der Waals surface area contributed by atoms with Crippen LogP contribution in [0.25, 0.3) is 0 Å². The summed E-state index contributed by atoms with van der Waals surface area (Å²) in [5.74, 6) is -0.0302. The van der Waals surface area contributed by atoms with E-state index in [0.29, 0.717) is 45.2 Å². The van der Waals surface area contributed by atoms with Crippen molar-refractivity contribution in [3.05, 3.63) is 27.6 Å². The Hall–Kier alpha value is -1.49. The molecule has 8 nitrogen and oxygen atoms in total. The third kappa shape index (κ3) is 8.53. The zero-order valence-corrected chi connectivity index (χ0v) is 24.5. The molecule has 206 valence electrons. The van der Waals surface area contributed by atoms with Gasteiger partial charge in [-0.1, -0.05) is 27.7 Å². The van der Waals surface area contributed by atoms with Crippen molar-refractivity contribution in [3.8, 4) is 5.88 Å². The number of thiol groups is 1. The second-order valence-corrected chi connectivity index (χ2v) is 12.4. The van der Waals surface area contributed by atoms with Crippen LogP contribution in [-0.2, 0) is 26.2 Å². The van der Waals surface area contributed by atoms with Gasteiger partial charge in [0.1, 0.15) is 0 Å². The van der Waals surface area contributed by atoms with E-state index in [2.05, 4.69) is 33.4 Å². The molecule has 2 unspecified atom stereocenters. The zero-order valence-electron chi connectivity index (χ0n) is 22.8. The molecule has 10 heteroatoms. The van der Waals surface area contributed by atoms with E-state index in [1.54, 1.807) is 0 Å². The van der Waals surface area contributed by atoms with E-state index in [0.717, 1.165) is 29.3 Å². The molecule has 0 radical (unpaired) electrons. The largest absolute Gasteiger partial charge is 0.493 e. The predicted molar refractivity (Wildman–Crippen MR) is 149 cm³/mol. The van der Waals surface area contributed by atoms with E-state index in [9.17, 15) is 20.1 Å². The number of aromatic nitrogens is 4. The lowest BCUT2D eigenvalue weighted by atomic mass is 9.84. The van der Waals surface area contributed by atoms with Crippen LogP contribution in [0.1, 0.15) is 80.1 Å². The first-order chi connectivity index (χ1) is 16.7. The molecule has 3 N–H and O–H groups in total. The lowest BCUT2D eigenvalue weighted by Crippen LogP contribution is -2.30. The SMILES string of the molecule is CCn1cc(O)n(CC(C)(C)CCC(O)CCC(O)CCC(C)(C)Cn2c(S)cn(CC)c2=S)c1=O. The summed E-state index contributed by atoms with van der Waals surface area (Å²) in [6.45, 7) is 14.8. The lowest BCUT2D eigenvalue weighted by molar-refractivity contribution is 0.0846. The van der Waals surface area contributed by atoms with E-state index in [-0.39, 0.29) is 22.4 Å². The van der Waals surface area contributed by atoms with Crippen LogP contribution in [0.5, 0.6) is 5.88 Å². The Morgan fingerprint density at radius 3 is 1.75 bits per heavy atom. The highest BCUT2D eigenvalue weighted by Gasteiger charge is 2.25. The van der Waals surface area contributed by atoms with Crippen molar-refractivity contribution in [2.75, 3.05) is 0 Å². The van der Waals surface area contributed by atoms with Crippen molar-refractivity contribution in [2.24, 2.45) is 10.8 Å². The van der Waals surface area contributed by atoms with Crippen LogP contribution in [0.2, 0.25) is 0 Å². The smallest absolute Gasteiger partial charge is 0.331 e. The summed E-state index contributed by atoms with van der Waals surface area (Å²) >= 11 is 10.1. The monoisotopic (exact) mass is 542 g/mol. The number of nitrogens with zero attached hydrogens (tertiary/aromatic N) is 4. The van der Waals surface area contributed by atoms with Crippen LogP contribution in [0.3, 0.4) is 0 Å². The minimum absolute atomic E-state index is 0.0302. The van der Waals surface area contributed by atoms with E-state index in [1.807, 2.05) is 36.1 Å². The van der Waals surface area contributed by atoms with Crippen molar-refractivity contribution in [1.82, 2.24) is 18.3 Å². The van der Waals surface area contributed by atoms with Crippen molar-refractivity contribution in [3.63, 3.8) is 0 Å². The van der Waals surface area contributed by atoms with Gasteiger partial charge >= 0.3 is 5.69 Å². The van der Waals surface area contributed by atoms with Crippen molar-refractivity contribution in [2.45, 2.75) is 123 Å². The van der Waals surface area contributed by atoms with Gasteiger partial charge in [-0.05, 0) is 75.4 Å². The van der Waals surface area contributed by atoms with Crippen LogP contribution < -0.4 is 5.69 Å². The fourth-order valence-corrected chi connectivity index (χ4v) is 5.30. The molecule has 0 aliphatic heterocycles. The Labute approximate surface area is 226 Å². The summed E-state index contributed by atoms with van der Waals surface area (Å²) in [5, 5.41) is 32.1. The molecule has 0 amide bonds. The first-order valence-corrected chi connectivity index (χ1v) is 13.9. The Kier molecular flexibility index (Phi) is 11.0. The van der Waals surface area contributed by atoms with Crippen molar-refractivity contribution in [1.29, 1.82) is 0 Å². The van der Waals surface area contributed by atoms with Crippen LogP contribution in [0.4, 0.5) is 0 Å². The summed E-state index contributed by atoms with van der Waals surface area (Å²) < 4.78 is 7.70. The number of aryl methyl sites for hydroxylation is 2. The summed E-state index contributed by atoms with van der Waals surface area (Å²) in [6, 6.07) is 0. The molecule has 2 aromatic heterocycles. The first-order valence-electron chi connectivity index (χ1n) is 13.0. The second kappa shape index (κ2) is 12.8. The minimum Gasteiger partial charge on any atom is -0.493 e. The third-order valence-electron chi connectivity index (χ3n) is 7.04. The molecule has 0 spiro atoms. The van der Waals surface area contributed by atoms with Gasteiger partial charge in [0.2, 0.25) is 5.88 Å². The Morgan fingerprint density at radius 1 is 0.861 bits per heavy atom. The van der Waals surface area contributed by atoms with Gasteiger partial charge in [-0.3, -0.25) is 9.13 Å². The molecule has 2 aromatic rings. The van der Waals surface area contributed by atoms with Crippen LogP contribution >= 0.6 is 24.8 Å². The van der Waals surface area contributed by atoms with Crippen LogP contribution in [0, 0.1) is 15.6 Å². The molecular formula is C26H46N4O4S2. The zero-order chi connectivity index (χ0) is 27.3. The van der Waals surface area contributed by atoms with E-state index < -0.39 is 12.2 Å². The Balaban J connectivity index is 1.78. The van der Waals surface area contributed by atoms with Gasteiger partial charge in [-0.15, -0.1) is 12.6 Å². The first kappa shape index (κ1) is 30.7. The molecule has 36 heavy (non-hydrogen) atoms. The molecule has 0 fully saturated rings. The van der Waals surface area contributed by atoms with Gasteiger partial charge < -0.3 is 24.5 Å². The third-order valence-corrected chi connectivity index (χ3v) is 7.86. The molecule has 0 saturated heterocycles. The van der Waals surface area contributed by atoms with E-state index >= 15 is 0 Å². The molecule has 2 heterocycles. The van der Waals surface area contributed by atoms with Crippen molar-refractivity contribution >= 4 is 24.8 Å². The molecule has 0 bridgehead atoms. The van der Waals surface area contributed by atoms with Gasteiger partial charge in [0.15, 0.2) is 4.77 Å².